The molecule has 0 bridgehead atoms. The largest absolute Gasteiger partial charge is 0.187 e. The maximum Gasteiger partial charge on any atom is 0.187 e. The van der Waals surface area contributed by atoms with E-state index < -0.39 is 0 Å². The molecule has 0 atom stereocenters. The third-order valence-corrected chi connectivity index (χ3v) is 11.0. The molecule has 0 aliphatic rings. The Morgan fingerprint density at radius 1 is 0.280 bits per heavy atom. The summed E-state index contributed by atoms with van der Waals surface area (Å²) in [5.74, 6) is 0. The van der Waals surface area contributed by atoms with E-state index in [4.69, 9.17) is 0 Å². The van der Waals surface area contributed by atoms with Gasteiger partial charge in [0.05, 0.1) is 10.9 Å². The Balaban J connectivity index is 0.000000741. The summed E-state index contributed by atoms with van der Waals surface area (Å²) in [5.41, 5.74) is 0. The van der Waals surface area contributed by atoms with Gasteiger partial charge in [0.1, 0.15) is 0 Å². The summed E-state index contributed by atoms with van der Waals surface area (Å²) in [6.45, 7) is 24.0. The van der Waals surface area contributed by atoms with Crippen LogP contribution in [0.4, 0.5) is 0 Å². The summed E-state index contributed by atoms with van der Waals surface area (Å²) in [6.07, 6.45) is 0. The summed E-state index contributed by atoms with van der Waals surface area (Å²) in [6, 6.07) is 60.6. The Kier molecular flexibility index (Phi) is 27.3. The van der Waals surface area contributed by atoms with Crippen molar-refractivity contribution in [3.8, 4) is 4.90 Å². The minimum absolute atomic E-state index is 0.0146. The van der Waals surface area contributed by atoms with Crippen LogP contribution in [0.3, 0.4) is 0 Å². The Labute approximate surface area is 312 Å². The fraction of sp³-hybridized carbons (Fsp3) is 0.250. The molecule has 1 heterocycles. The van der Waals surface area contributed by atoms with Crippen LogP contribution >= 0.6 is 10.5 Å². The van der Waals surface area contributed by atoms with Gasteiger partial charge < -0.3 is 0 Å². The molecule has 0 amide bonds. The highest BCUT2D eigenvalue weighted by Gasteiger charge is 2.27. The molecule has 6 aromatic carbocycles. The number of hydrogen-bond donors (Lipinski definition) is 0. The van der Waals surface area contributed by atoms with Crippen molar-refractivity contribution in [3.63, 3.8) is 0 Å². The molecule has 0 aliphatic carbocycles. The normalized spacial score (nSPS) is 8.98. The van der Waals surface area contributed by atoms with E-state index in [1.165, 1.54) is 39.8 Å². The quantitative estimate of drug-likeness (QED) is 0.160. The number of rotatable bonds is 4. The summed E-state index contributed by atoms with van der Waals surface area (Å²) in [5, 5.41) is 2.79. The van der Waals surface area contributed by atoms with Crippen molar-refractivity contribution in [2.75, 3.05) is 0 Å². The van der Waals surface area contributed by atoms with E-state index in [-0.39, 0.29) is 21.4 Å². The van der Waals surface area contributed by atoms with Crippen molar-refractivity contribution >= 4 is 41.5 Å². The van der Waals surface area contributed by atoms with Gasteiger partial charge in [0.2, 0.25) is 0 Å². The lowest BCUT2D eigenvalue weighted by Crippen LogP contribution is -2.04. The predicted octanol–water partition coefficient (Wildman–Crippen LogP) is 16.7. The van der Waals surface area contributed by atoms with E-state index in [0.717, 1.165) is 0 Å². The summed E-state index contributed by atoms with van der Waals surface area (Å²) < 4.78 is 2.91. The van der Waals surface area contributed by atoms with Crippen LogP contribution < -0.4 is 0 Å². The van der Waals surface area contributed by atoms with E-state index in [1.807, 2.05) is 83.1 Å². The zero-order valence-electron chi connectivity index (χ0n) is 33.0. The van der Waals surface area contributed by atoms with Crippen molar-refractivity contribution < 1.29 is 0 Å². The lowest BCUT2D eigenvalue weighted by Gasteiger charge is -2.07. The van der Waals surface area contributed by atoms with Gasteiger partial charge in [-0.2, -0.15) is 0 Å². The van der Waals surface area contributed by atoms with Gasteiger partial charge >= 0.3 is 0 Å². The van der Waals surface area contributed by atoms with Crippen molar-refractivity contribution in [1.82, 2.24) is 0 Å². The Hall–Kier alpha value is -4.11. The van der Waals surface area contributed by atoms with Crippen LogP contribution in [0.2, 0.25) is 0 Å². The van der Waals surface area contributed by atoms with Gasteiger partial charge in [0.25, 0.3) is 0 Å². The molecule has 266 valence electrons. The van der Waals surface area contributed by atoms with Gasteiger partial charge in [-0.15, -0.1) is 0 Å². The van der Waals surface area contributed by atoms with E-state index in [0.29, 0.717) is 0 Å². The molecule has 0 unspecified atom stereocenters. The molecule has 0 saturated heterocycles. The van der Waals surface area contributed by atoms with Crippen LogP contribution in [-0.2, 0) is 10.9 Å². The number of fused-ring (bicyclic) bond motifs is 3. The molecule has 0 fully saturated rings. The van der Waals surface area contributed by atoms with Crippen LogP contribution in [0.15, 0.2) is 185 Å². The van der Waals surface area contributed by atoms with Crippen LogP contribution in [-0.4, -0.2) is 0 Å². The third kappa shape index (κ3) is 13.3. The van der Waals surface area contributed by atoms with Crippen molar-refractivity contribution in [3.05, 3.63) is 170 Å². The first-order valence-electron chi connectivity index (χ1n) is 18.8. The molecule has 0 spiro atoms. The van der Waals surface area contributed by atoms with Crippen LogP contribution in [0.5, 0.6) is 0 Å². The van der Waals surface area contributed by atoms with E-state index in [1.54, 1.807) is 0 Å². The molecule has 0 nitrogen and oxygen atoms in total. The lowest BCUT2D eigenvalue weighted by molar-refractivity contribution is 1.32. The molecule has 0 aliphatic heterocycles. The second-order valence-electron chi connectivity index (χ2n) is 8.86. The molecule has 0 radical (unpaired) electrons. The Morgan fingerprint density at radius 3 is 0.820 bits per heavy atom. The maximum absolute atomic E-state index is 2.27. The van der Waals surface area contributed by atoms with E-state index >= 15 is 0 Å². The first kappa shape index (κ1) is 45.9. The molecule has 1 aromatic heterocycles. The number of benzene rings is 6. The predicted molar refractivity (Wildman–Crippen MR) is 235 cm³/mol. The number of hydrogen-bond acceptors (Lipinski definition) is 0. The maximum atomic E-state index is 2.27. The second-order valence-corrected chi connectivity index (χ2v) is 12.8. The third-order valence-electron chi connectivity index (χ3n) is 6.42. The SMILES string of the molecule is CC.CC.CC.CC.CC.CC.c1ccc(-[s+]2c3ccccc3c3ccccc32)cc1.c1ccc([S+](c2ccccc2)c2ccccc2)cc1. The molecule has 2 heteroatoms. The van der Waals surface area contributed by atoms with Gasteiger partial charge in [0.15, 0.2) is 29.0 Å². The highest BCUT2D eigenvalue weighted by Crippen LogP contribution is 2.47. The zero-order valence-corrected chi connectivity index (χ0v) is 34.6. The van der Waals surface area contributed by atoms with Crippen LogP contribution in [0, 0.1) is 0 Å². The fourth-order valence-corrected chi connectivity index (χ4v) is 9.24. The molecule has 7 rings (SSSR count). The minimum atomic E-state index is -0.0146. The van der Waals surface area contributed by atoms with Crippen molar-refractivity contribution in [2.24, 2.45) is 0 Å². The summed E-state index contributed by atoms with van der Waals surface area (Å²) >= 11 is 0. The first-order chi connectivity index (χ1) is 24.9. The first-order valence-corrected chi connectivity index (χ1v) is 21.2. The summed E-state index contributed by atoms with van der Waals surface area (Å²) in [7, 11) is 0.0448. The topological polar surface area (TPSA) is 0 Å². The average Bonchev–Trinajstić information content (AvgIpc) is 3.59. The van der Waals surface area contributed by atoms with Gasteiger partial charge in [-0.1, -0.05) is 180 Å². The Bertz CT molecular complexity index is 1590. The van der Waals surface area contributed by atoms with Gasteiger partial charge in [-0.25, -0.2) is 0 Å². The molecule has 50 heavy (non-hydrogen) atoms. The molecular formula is C48H64S2+2. The fourth-order valence-electron chi connectivity index (χ4n) is 4.74. The smallest absolute Gasteiger partial charge is 0.0683 e. The van der Waals surface area contributed by atoms with Gasteiger partial charge in [0, 0.05) is 21.2 Å². The van der Waals surface area contributed by atoms with Gasteiger partial charge in [-0.05, 0) is 72.8 Å². The summed E-state index contributed by atoms with van der Waals surface area (Å²) in [4.78, 5) is 5.49. The second kappa shape index (κ2) is 29.8. The Morgan fingerprint density at radius 2 is 0.520 bits per heavy atom. The standard InChI is InChI=1S/C18H13S.C18H15S.6C2H6/c1-2-8-14(9-3-1)19-17-12-6-4-10-15(17)16-11-5-7-13-18(16)19;1-4-10-16(11-5-1)19(17-12-6-2-7-13-17)18-14-8-3-9-15-18;6*1-2/h1-13H;1-15H;6*1-2H3/q2*+1;;;;;;. The van der Waals surface area contributed by atoms with E-state index in [9.17, 15) is 0 Å². The van der Waals surface area contributed by atoms with Gasteiger partial charge in [-0.3, -0.25) is 0 Å². The highest BCUT2D eigenvalue weighted by molar-refractivity contribution is 7.97. The van der Waals surface area contributed by atoms with Crippen molar-refractivity contribution in [2.45, 2.75) is 97.8 Å². The zero-order chi connectivity index (χ0) is 37.6. The van der Waals surface area contributed by atoms with E-state index in [2.05, 4.69) is 170 Å². The molecule has 0 N–H and O–H groups in total. The van der Waals surface area contributed by atoms with Crippen LogP contribution in [0.25, 0.3) is 25.1 Å². The monoisotopic (exact) mass is 704 g/mol. The molecule has 0 saturated carbocycles. The van der Waals surface area contributed by atoms with Crippen molar-refractivity contribution in [1.29, 1.82) is 0 Å². The lowest BCUT2D eigenvalue weighted by atomic mass is 10.2. The average molecular weight is 705 g/mol. The number of thiophene rings is 1. The molecular weight excluding hydrogens is 641 g/mol. The van der Waals surface area contributed by atoms with Crippen LogP contribution in [0.1, 0.15) is 83.1 Å². The minimum Gasteiger partial charge on any atom is -0.0683 e. The highest BCUT2D eigenvalue weighted by atomic mass is 32.2. The molecule has 7 aromatic rings.